The summed E-state index contributed by atoms with van der Waals surface area (Å²) in [6.07, 6.45) is 4.40. The highest BCUT2D eigenvalue weighted by atomic mass is 15.0. The highest BCUT2D eigenvalue weighted by Crippen LogP contribution is 2.42. The Hall–Kier alpha value is -0.0400. The highest BCUT2D eigenvalue weighted by Gasteiger charge is 2.40. The Morgan fingerprint density at radius 3 is 2.82 bits per heavy atom. The summed E-state index contributed by atoms with van der Waals surface area (Å²) >= 11 is 0. The van der Waals surface area contributed by atoms with Gasteiger partial charge in [-0.15, -0.1) is 0 Å². The van der Waals surface area contributed by atoms with E-state index < -0.39 is 0 Å². The molecule has 1 aliphatic carbocycles. The Balaban J connectivity index is 1.98. The smallest absolute Gasteiger partial charge is 0.00703 e. The average molecular weight is 153 g/mol. The van der Waals surface area contributed by atoms with Gasteiger partial charge in [0.25, 0.3) is 0 Å². The molecule has 1 N–H and O–H groups in total. The van der Waals surface area contributed by atoms with Crippen LogP contribution < -0.4 is 5.32 Å². The fourth-order valence-corrected chi connectivity index (χ4v) is 2.95. The molecular weight excluding hydrogens is 134 g/mol. The van der Waals surface area contributed by atoms with Gasteiger partial charge < -0.3 is 5.32 Å². The van der Waals surface area contributed by atoms with Crippen LogP contribution in [0.15, 0.2) is 0 Å². The Labute approximate surface area is 69.6 Å². The van der Waals surface area contributed by atoms with E-state index >= 15 is 0 Å². The van der Waals surface area contributed by atoms with E-state index in [1.54, 1.807) is 0 Å². The Kier molecular flexibility index (Phi) is 1.92. The lowest BCUT2D eigenvalue weighted by atomic mass is 9.95. The first kappa shape index (κ1) is 7.60. The zero-order valence-corrected chi connectivity index (χ0v) is 7.64. The zero-order valence-electron chi connectivity index (χ0n) is 7.64. The van der Waals surface area contributed by atoms with Crippen LogP contribution in [-0.2, 0) is 0 Å². The van der Waals surface area contributed by atoms with E-state index in [4.69, 9.17) is 0 Å². The molecule has 1 heteroatoms. The van der Waals surface area contributed by atoms with Gasteiger partial charge in [-0.05, 0) is 44.1 Å². The summed E-state index contributed by atoms with van der Waals surface area (Å²) in [5.41, 5.74) is 0. The second kappa shape index (κ2) is 2.78. The fourth-order valence-electron chi connectivity index (χ4n) is 2.95. The molecule has 1 saturated heterocycles. The first-order valence-electron chi connectivity index (χ1n) is 5.04. The van der Waals surface area contributed by atoms with Crippen LogP contribution >= 0.6 is 0 Å². The van der Waals surface area contributed by atoms with Crippen molar-refractivity contribution in [3.8, 4) is 0 Å². The predicted octanol–water partition coefficient (Wildman–Crippen LogP) is 2.03. The van der Waals surface area contributed by atoms with E-state index in [0.717, 1.165) is 23.8 Å². The average Bonchev–Trinajstić information content (AvgIpc) is 2.53. The lowest BCUT2D eigenvalue weighted by molar-refractivity contribution is 0.417. The van der Waals surface area contributed by atoms with Crippen molar-refractivity contribution in [1.29, 1.82) is 0 Å². The maximum absolute atomic E-state index is 3.57. The van der Waals surface area contributed by atoms with Gasteiger partial charge in [0, 0.05) is 6.04 Å². The number of rotatable bonds is 1. The topological polar surface area (TPSA) is 12.0 Å². The minimum absolute atomic E-state index is 0.802. The van der Waals surface area contributed by atoms with Crippen LogP contribution in [0.1, 0.15) is 33.1 Å². The van der Waals surface area contributed by atoms with Gasteiger partial charge >= 0.3 is 0 Å². The van der Waals surface area contributed by atoms with Gasteiger partial charge in [0.1, 0.15) is 0 Å². The molecule has 1 unspecified atom stereocenters. The van der Waals surface area contributed by atoms with Crippen molar-refractivity contribution in [2.24, 2.45) is 17.8 Å². The SMILES string of the molecule is CCC1C[C@@H]2CN[C@@H](C)[C@@H]2C1. The van der Waals surface area contributed by atoms with Crippen LogP contribution in [0.25, 0.3) is 0 Å². The molecule has 64 valence electrons. The Morgan fingerprint density at radius 2 is 2.18 bits per heavy atom. The van der Waals surface area contributed by atoms with Crippen LogP contribution in [0.2, 0.25) is 0 Å². The molecule has 0 aromatic carbocycles. The quantitative estimate of drug-likeness (QED) is 0.608. The Bertz CT molecular complexity index is 144. The van der Waals surface area contributed by atoms with Gasteiger partial charge in [0.15, 0.2) is 0 Å². The molecule has 2 fully saturated rings. The summed E-state index contributed by atoms with van der Waals surface area (Å²) < 4.78 is 0. The van der Waals surface area contributed by atoms with E-state index in [1.165, 1.54) is 25.8 Å². The van der Waals surface area contributed by atoms with Gasteiger partial charge in [-0.25, -0.2) is 0 Å². The maximum atomic E-state index is 3.57. The lowest BCUT2D eigenvalue weighted by Crippen LogP contribution is -2.23. The molecule has 0 spiro atoms. The van der Waals surface area contributed by atoms with E-state index in [0.29, 0.717) is 0 Å². The third kappa shape index (κ3) is 1.20. The molecule has 0 bridgehead atoms. The van der Waals surface area contributed by atoms with Crippen molar-refractivity contribution in [2.75, 3.05) is 6.54 Å². The number of hydrogen-bond donors (Lipinski definition) is 1. The second-order valence-corrected chi connectivity index (χ2v) is 4.37. The largest absolute Gasteiger partial charge is 0.314 e. The summed E-state index contributed by atoms with van der Waals surface area (Å²) in [5.74, 6) is 3.09. The van der Waals surface area contributed by atoms with E-state index in [-0.39, 0.29) is 0 Å². The van der Waals surface area contributed by atoms with Crippen molar-refractivity contribution in [3.05, 3.63) is 0 Å². The van der Waals surface area contributed by atoms with E-state index in [2.05, 4.69) is 19.2 Å². The monoisotopic (exact) mass is 153 g/mol. The summed E-state index contributed by atoms with van der Waals surface area (Å²) in [5, 5.41) is 3.57. The molecule has 1 aliphatic heterocycles. The molecule has 11 heavy (non-hydrogen) atoms. The third-order valence-electron chi connectivity index (χ3n) is 3.77. The van der Waals surface area contributed by atoms with Gasteiger partial charge in [-0.2, -0.15) is 0 Å². The molecule has 4 atom stereocenters. The van der Waals surface area contributed by atoms with Gasteiger partial charge in [0.2, 0.25) is 0 Å². The maximum Gasteiger partial charge on any atom is 0.00703 e. The summed E-state index contributed by atoms with van der Waals surface area (Å²) in [6.45, 7) is 5.98. The molecule has 1 heterocycles. The second-order valence-electron chi connectivity index (χ2n) is 4.37. The van der Waals surface area contributed by atoms with Crippen LogP contribution in [0, 0.1) is 17.8 Å². The number of fused-ring (bicyclic) bond motifs is 1. The highest BCUT2D eigenvalue weighted by molar-refractivity contribution is 4.94. The number of nitrogens with one attached hydrogen (secondary N) is 1. The predicted molar refractivity (Wildman–Crippen MR) is 47.5 cm³/mol. The van der Waals surface area contributed by atoms with Crippen LogP contribution in [0.5, 0.6) is 0 Å². The molecule has 0 aromatic rings. The molecular formula is C10H19N. The van der Waals surface area contributed by atoms with Crippen molar-refractivity contribution in [1.82, 2.24) is 5.32 Å². The summed E-state index contributed by atoms with van der Waals surface area (Å²) in [4.78, 5) is 0. The molecule has 0 amide bonds. The minimum Gasteiger partial charge on any atom is -0.314 e. The number of hydrogen-bond acceptors (Lipinski definition) is 1. The normalized spacial score (nSPS) is 49.6. The molecule has 2 rings (SSSR count). The first-order chi connectivity index (χ1) is 5.31. The molecule has 0 radical (unpaired) electrons. The van der Waals surface area contributed by atoms with Crippen molar-refractivity contribution < 1.29 is 0 Å². The minimum atomic E-state index is 0.802. The van der Waals surface area contributed by atoms with Crippen LogP contribution in [0.3, 0.4) is 0 Å². The lowest BCUT2D eigenvalue weighted by Gasteiger charge is -2.13. The van der Waals surface area contributed by atoms with Gasteiger partial charge in [-0.3, -0.25) is 0 Å². The van der Waals surface area contributed by atoms with E-state index in [9.17, 15) is 0 Å². The fraction of sp³-hybridized carbons (Fsp3) is 1.00. The van der Waals surface area contributed by atoms with Gasteiger partial charge in [0.05, 0.1) is 0 Å². The van der Waals surface area contributed by atoms with Crippen LogP contribution in [-0.4, -0.2) is 12.6 Å². The van der Waals surface area contributed by atoms with Crippen molar-refractivity contribution in [3.63, 3.8) is 0 Å². The third-order valence-corrected chi connectivity index (χ3v) is 3.77. The molecule has 1 nitrogen and oxygen atoms in total. The zero-order chi connectivity index (χ0) is 7.84. The van der Waals surface area contributed by atoms with Crippen molar-refractivity contribution in [2.45, 2.75) is 39.2 Å². The molecule has 2 aliphatic rings. The van der Waals surface area contributed by atoms with Gasteiger partial charge in [-0.1, -0.05) is 13.3 Å². The molecule has 1 saturated carbocycles. The van der Waals surface area contributed by atoms with Crippen LogP contribution in [0.4, 0.5) is 0 Å². The van der Waals surface area contributed by atoms with Crippen molar-refractivity contribution >= 4 is 0 Å². The summed E-state index contributed by atoms with van der Waals surface area (Å²) in [6, 6.07) is 0.802. The summed E-state index contributed by atoms with van der Waals surface area (Å²) in [7, 11) is 0. The Morgan fingerprint density at radius 1 is 1.36 bits per heavy atom. The standard InChI is InChI=1S/C10H19N/c1-3-8-4-9-6-11-7(2)10(9)5-8/h7-11H,3-6H2,1-2H3/t7-,8?,9+,10-/m0/s1. The van der Waals surface area contributed by atoms with E-state index in [1.807, 2.05) is 0 Å². The first-order valence-corrected chi connectivity index (χ1v) is 5.04. The molecule has 0 aromatic heterocycles.